The first-order valence-electron chi connectivity index (χ1n) is 8.49. The van der Waals surface area contributed by atoms with Gasteiger partial charge in [0.05, 0.1) is 18.8 Å². The molecule has 0 radical (unpaired) electrons. The van der Waals surface area contributed by atoms with Crippen LogP contribution in [-0.2, 0) is 27.5 Å². The molecule has 0 saturated heterocycles. The highest BCUT2D eigenvalue weighted by Crippen LogP contribution is 2.14. The molecule has 0 saturated carbocycles. The SMILES string of the molecule is C=CCOCC(C)(COC(=O)C=C)NC(=O)NCCC[Si](OC)(OC)OC. The predicted molar refractivity (Wildman–Crippen MR) is 103 cm³/mol. The highest BCUT2D eigenvalue weighted by Gasteiger charge is 2.37. The molecular formula is C17H32N2O7Si. The fraction of sp³-hybridized carbons (Fsp3) is 0.647. The molecular weight excluding hydrogens is 372 g/mol. The van der Waals surface area contributed by atoms with Crippen LogP contribution in [0.15, 0.2) is 25.3 Å². The Balaban J connectivity index is 4.54. The van der Waals surface area contributed by atoms with Crippen LogP contribution in [0.4, 0.5) is 4.79 Å². The first kappa shape index (κ1) is 25.3. The molecule has 0 fully saturated rings. The van der Waals surface area contributed by atoms with Gasteiger partial charge < -0.3 is 33.4 Å². The number of carbonyl (C=O) groups excluding carboxylic acids is 2. The van der Waals surface area contributed by atoms with Gasteiger partial charge in [0.2, 0.25) is 0 Å². The Morgan fingerprint density at radius 3 is 2.26 bits per heavy atom. The number of hydrogen-bond donors (Lipinski definition) is 2. The van der Waals surface area contributed by atoms with E-state index in [0.29, 0.717) is 25.6 Å². The van der Waals surface area contributed by atoms with Crippen molar-refractivity contribution in [2.24, 2.45) is 0 Å². The van der Waals surface area contributed by atoms with Gasteiger partial charge in [0.1, 0.15) is 6.61 Å². The normalized spacial score (nSPS) is 13.3. The minimum absolute atomic E-state index is 0.0601. The van der Waals surface area contributed by atoms with Gasteiger partial charge in [-0.25, -0.2) is 9.59 Å². The van der Waals surface area contributed by atoms with Crippen molar-refractivity contribution in [1.82, 2.24) is 10.6 Å². The molecule has 0 heterocycles. The first-order valence-corrected chi connectivity index (χ1v) is 10.4. The number of hydrogen-bond acceptors (Lipinski definition) is 7. The summed E-state index contributed by atoms with van der Waals surface area (Å²) in [5.41, 5.74) is -0.907. The van der Waals surface area contributed by atoms with Crippen molar-refractivity contribution >= 4 is 20.8 Å². The maximum Gasteiger partial charge on any atom is 0.500 e. The summed E-state index contributed by atoms with van der Waals surface area (Å²) in [5, 5.41) is 5.51. The number of urea groups is 1. The lowest BCUT2D eigenvalue weighted by molar-refractivity contribution is -0.140. The van der Waals surface area contributed by atoms with Crippen LogP contribution in [0.5, 0.6) is 0 Å². The molecule has 1 unspecified atom stereocenters. The maximum atomic E-state index is 12.2. The molecule has 0 bridgehead atoms. The number of carbonyl (C=O) groups is 2. The van der Waals surface area contributed by atoms with Gasteiger partial charge in [-0.1, -0.05) is 12.7 Å². The Labute approximate surface area is 162 Å². The van der Waals surface area contributed by atoms with Gasteiger partial charge in [0.15, 0.2) is 0 Å². The van der Waals surface area contributed by atoms with Crippen LogP contribution in [0.1, 0.15) is 13.3 Å². The Morgan fingerprint density at radius 1 is 1.11 bits per heavy atom. The topological polar surface area (TPSA) is 104 Å². The summed E-state index contributed by atoms with van der Waals surface area (Å²) in [4.78, 5) is 23.5. The molecule has 0 aliphatic carbocycles. The number of ether oxygens (including phenoxy) is 2. The molecule has 10 heteroatoms. The second-order valence-electron chi connectivity index (χ2n) is 5.96. The monoisotopic (exact) mass is 404 g/mol. The standard InChI is InChI=1S/C17H32N2O7Si/c1-7-11-25-13-17(3,14-26-15(20)8-2)19-16(21)18-10-9-12-27(22-4,23-5)24-6/h7-8H,1-2,9-14H2,3-6H3,(H2,18,19,21). The van der Waals surface area contributed by atoms with Crippen LogP contribution < -0.4 is 10.6 Å². The van der Waals surface area contributed by atoms with Crippen molar-refractivity contribution < 1.29 is 32.3 Å². The van der Waals surface area contributed by atoms with Gasteiger partial charge in [-0.15, -0.1) is 6.58 Å². The van der Waals surface area contributed by atoms with E-state index in [2.05, 4.69) is 23.8 Å². The third kappa shape index (κ3) is 10.3. The predicted octanol–water partition coefficient (Wildman–Crippen LogP) is 1.24. The van der Waals surface area contributed by atoms with Crippen molar-refractivity contribution in [2.75, 3.05) is 47.7 Å². The van der Waals surface area contributed by atoms with Crippen LogP contribution in [0, 0.1) is 0 Å². The minimum Gasteiger partial charge on any atom is -0.460 e. The fourth-order valence-electron chi connectivity index (χ4n) is 2.15. The second kappa shape index (κ2) is 13.4. The van der Waals surface area contributed by atoms with E-state index in [1.807, 2.05) is 0 Å². The largest absolute Gasteiger partial charge is 0.500 e. The molecule has 2 N–H and O–H groups in total. The van der Waals surface area contributed by atoms with Gasteiger partial charge in [-0.05, 0) is 13.3 Å². The molecule has 0 aromatic rings. The number of nitrogens with one attached hydrogen (secondary N) is 2. The zero-order valence-corrected chi connectivity index (χ0v) is 17.7. The molecule has 9 nitrogen and oxygen atoms in total. The lowest BCUT2D eigenvalue weighted by Crippen LogP contribution is -2.56. The quantitative estimate of drug-likeness (QED) is 0.139. The van der Waals surface area contributed by atoms with Gasteiger partial charge in [-0.2, -0.15) is 0 Å². The summed E-state index contributed by atoms with van der Waals surface area (Å²) >= 11 is 0. The van der Waals surface area contributed by atoms with Crippen molar-refractivity contribution in [3.63, 3.8) is 0 Å². The molecule has 0 aliphatic heterocycles. The van der Waals surface area contributed by atoms with Crippen molar-refractivity contribution in [3.8, 4) is 0 Å². The van der Waals surface area contributed by atoms with Gasteiger partial charge in [0, 0.05) is 40.0 Å². The average molecular weight is 405 g/mol. The van der Waals surface area contributed by atoms with E-state index in [4.69, 9.17) is 22.8 Å². The summed E-state index contributed by atoms with van der Waals surface area (Å²) in [6.07, 6.45) is 3.26. The Morgan fingerprint density at radius 2 is 1.74 bits per heavy atom. The molecule has 156 valence electrons. The highest BCUT2D eigenvalue weighted by atomic mass is 28.4. The van der Waals surface area contributed by atoms with Gasteiger partial charge in [0.25, 0.3) is 0 Å². The van der Waals surface area contributed by atoms with Crippen molar-refractivity contribution in [2.45, 2.75) is 24.9 Å². The fourth-order valence-corrected chi connectivity index (χ4v) is 3.87. The van der Waals surface area contributed by atoms with Crippen LogP contribution in [0.2, 0.25) is 6.04 Å². The molecule has 0 aromatic carbocycles. The Bertz CT molecular complexity index is 478. The van der Waals surface area contributed by atoms with Gasteiger partial charge in [-0.3, -0.25) is 0 Å². The Kier molecular flexibility index (Phi) is 12.6. The zero-order valence-electron chi connectivity index (χ0n) is 16.7. The van der Waals surface area contributed by atoms with Crippen molar-refractivity contribution in [3.05, 3.63) is 25.3 Å². The third-order valence-electron chi connectivity index (χ3n) is 3.65. The van der Waals surface area contributed by atoms with Crippen molar-refractivity contribution in [1.29, 1.82) is 0 Å². The number of amides is 2. The summed E-state index contributed by atoms with van der Waals surface area (Å²) in [7, 11) is 1.97. The van der Waals surface area contributed by atoms with Crippen LogP contribution in [0.25, 0.3) is 0 Å². The first-order chi connectivity index (χ1) is 12.8. The van der Waals surface area contributed by atoms with E-state index < -0.39 is 26.3 Å². The molecule has 27 heavy (non-hydrogen) atoms. The average Bonchev–Trinajstić information content (AvgIpc) is 2.67. The lowest BCUT2D eigenvalue weighted by atomic mass is 10.1. The summed E-state index contributed by atoms with van der Waals surface area (Å²) in [6, 6.07) is 0.154. The number of esters is 1. The lowest BCUT2D eigenvalue weighted by Gasteiger charge is -2.30. The van der Waals surface area contributed by atoms with Gasteiger partial charge >= 0.3 is 20.8 Å². The molecule has 0 spiro atoms. The molecule has 2 amide bonds. The van der Waals surface area contributed by atoms with E-state index >= 15 is 0 Å². The third-order valence-corrected chi connectivity index (χ3v) is 6.48. The molecule has 0 aromatic heterocycles. The molecule has 1 atom stereocenters. The van der Waals surface area contributed by atoms with Crippen LogP contribution >= 0.6 is 0 Å². The Hall–Kier alpha value is -1.72. The number of rotatable bonds is 15. The molecule has 0 aliphatic rings. The summed E-state index contributed by atoms with van der Waals surface area (Å²) in [5.74, 6) is -0.577. The van der Waals surface area contributed by atoms with E-state index in [-0.39, 0.29) is 13.2 Å². The smallest absolute Gasteiger partial charge is 0.460 e. The van der Waals surface area contributed by atoms with Crippen LogP contribution in [0.3, 0.4) is 0 Å². The van der Waals surface area contributed by atoms with E-state index in [9.17, 15) is 9.59 Å². The van der Waals surface area contributed by atoms with Crippen LogP contribution in [-0.4, -0.2) is 74.0 Å². The summed E-state index contributed by atoms with van der Waals surface area (Å²) in [6.45, 7) is 9.41. The second-order valence-corrected chi connectivity index (χ2v) is 9.05. The minimum atomic E-state index is -2.66. The molecule has 0 rings (SSSR count). The van der Waals surface area contributed by atoms with E-state index in [0.717, 1.165) is 6.08 Å². The summed E-state index contributed by atoms with van der Waals surface area (Å²) < 4.78 is 26.4. The zero-order chi connectivity index (χ0) is 20.8. The van der Waals surface area contributed by atoms with E-state index in [1.54, 1.807) is 34.3 Å². The maximum absolute atomic E-state index is 12.2. The highest BCUT2D eigenvalue weighted by molar-refractivity contribution is 6.60. The van der Waals surface area contributed by atoms with E-state index in [1.165, 1.54) is 0 Å².